The fourth-order valence-electron chi connectivity index (χ4n) is 3.61. The highest BCUT2D eigenvalue weighted by Crippen LogP contribution is 2.15. The largest absolute Gasteiger partial charge is 0.357 e. The summed E-state index contributed by atoms with van der Waals surface area (Å²) in [4.78, 5) is 21.1. The van der Waals surface area contributed by atoms with E-state index < -0.39 is 0 Å². The Kier molecular flexibility index (Phi) is 8.52. The molecular weight excluding hydrogens is 314 g/mol. The number of carbonyl (C=O) groups is 1. The minimum Gasteiger partial charge on any atom is -0.357 e. The first kappa shape index (κ1) is 20.0. The maximum absolute atomic E-state index is 11.8. The number of hydrogen-bond acceptors (Lipinski definition) is 3. The van der Waals surface area contributed by atoms with E-state index in [2.05, 4.69) is 29.4 Å². The van der Waals surface area contributed by atoms with Crippen molar-refractivity contribution in [2.45, 2.75) is 58.9 Å². The van der Waals surface area contributed by atoms with E-state index in [-0.39, 0.29) is 5.91 Å². The average molecular weight is 352 g/mol. The van der Waals surface area contributed by atoms with Gasteiger partial charge in [-0.15, -0.1) is 0 Å². The van der Waals surface area contributed by atoms with Gasteiger partial charge in [-0.05, 0) is 58.2 Å². The van der Waals surface area contributed by atoms with Gasteiger partial charge < -0.3 is 20.4 Å². The standard InChI is InChI=1S/C19H37N5O/c1-4-18(25)24-14-9-17(15-24)22-19(20-5-2)21-10-6-11-23-12-7-16(3)8-13-23/h16-17H,4-15H2,1-3H3,(H2,20,21,22). The quantitative estimate of drug-likeness (QED) is 0.416. The normalized spacial score (nSPS) is 23.1. The molecule has 25 heavy (non-hydrogen) atoms. The molecule has 1 unspecified atom stereocenters. The van der Waals surface area contributed by atoms with Crippen LogP contribution in [-0.2, 0) is 4.79 Å². The molecule has 2 N–H and O–H groups in total. The molecule has 1 atom stereocenters. The number of aliphatic imine (C=N–C) groups is 1. The second-order valence-electron chi connectivity index (χ2n) is 7.46. The van der Waals surface area contributed by atoms with Gasteiger partial charge in [0.1, 0.15) is 0 Å². The second kappa shape index (κ2) is 10.6. The highest BCUT2D eigenvalue weighted by molar-refractivity contribution is 5.80. The summed E-state index contributed by atoms with van der Waals surface area (Å²) in [6.45, 7) is 13.4. The number of amides is 1. The molecule has 2 aliphatic rings. The Bertz CT molecular complexity index is 432. The molecule has 144 valence electrons. The Labute approximate surface area is 153 Å². The maximum Gasteiger partial charge on any atom is 0.222 e. The van der Waals surface area contributed by atoms with E-state index in [1.807, 2.05) is 11.8 Å². The number of hydrogen-bond donors (Lipinski definition) is 2. The Balaban J connectivity index is 1.70. The average Bonchev–Trinajstić information content (AvgIpc) is 3.08. The summed E-state index contributed by atoms with van der Waals surface area (Å²) in [5.41, 5.74) is 0. The fraction of sp³-hybridized carbons (Fsp3) is 0.895. The van der Waals surface area contributed by atoms with Gasteiger partial charge in [-0.25, -0.2) is 0 Å². The van der Waals surface area contributed by atoms with Gasteiger partial charge in [0.05, 0.1) is 0 Å². The monoisotopic (exact) mass is 351 g/mol. The number of likely N-dealkylation sites (tertiary alicyclic amines) is 2. The molecule has 1 amide bonds. The minimum absolute atomic E-state index is 0.252. The summed E-state index contributed by atoms with van der Waals surface area (Å²) in [5, 5.41) is 6.84. The van der Waals surface area contributed by atoms with Crippen LogP contribution in [0.4, 0.5) is 0 Å². The second-order valence-corrected chi connectivity index (χ2v) is 7.46. The Morgan fingerprint density at radius 2 is 1.92 bits per heavy atom. The Hall–Kier alpha value is -1.30. The number of nitrogens with zero attached hydrogens (tertiary/aromatic N) is 3. The summed E-state index contributed by atoms with van der Waals surface area (Å²) in [7, 11) is 0. The van der Waals surface area contributed by atoms with E-state index in [9.17, 15) is 4.79 Å². The molecule has 2 heterocycles. The lowest BCUT2D eigenvalue weighted by atomic mass is 9.99. The summed E-state index contributed by atoms with van der Waals surface area (Å²) < 4.78 is 0. The number of carbonyl (C=O) groups excluding carboxylic acids is 1. The summed E-state index contributed by atoms with van der Waals surface area (Å²) in [6, 6.07) is 0.317. The molecule has 2 rings (SSSR count). The van der Waals surface area contributed by atoms with Gasteiger partial charge in [-0.2, -0.15) is 0 Å². The third-order valence-corrected chi connectivity index (χ3v) is 5.31. The third-order valence-electron chi connectivity index (χ3n) is 5.31. The molecular formula is C19H37N5O. The van der Waals surface area contributed by atoms with E-state index in [0.717, 1.165) is 57.4 Å². The molecule has 2 aliphatic heterocycles. The Morgan fingerprint density at radius 3 is 2.60 bits per heavy atom. The maximum atomic E-state index is 11.8. The first-order valence-corrected chi connectivity index (χ1v) is 10.2. The predicted molar refractivity (Wildman–Crippen MR) is 104 cm³/mol. The first-order chi connectivity index (χ1) is 12.1. The molecule has 6 nitrogen and oxygen atoms in total. The highest BCUT2D eigenvalue weighted by atomic mass is 16.2. The Morgan fingerprint density at radius 1 is 1.16 bits per heavy atom. The van der Waals surface area contributed by atoms with E-state index >= 15 is 0 Å². The van der Waals surface area contributed by atoms with Crippen molar-refractivity contribution in [1.29, 1.82) is 0 Å². The zero-order chi connectivity index (χ0) is 18.1. The van der Waals surface area contributed by atoms with Crippen molar-refractivity contribution < 1.29 is 4.79 Å². The van der Waals surface area contributed by atoms with Gasteiger partial charge in [-0.1, -0.05) is 13.8 Å². The van der Waals surface area contributed by atoms with Crippen molar-refractivity contribution in [2.24, 2.45) is 10.9 Å². The number of guanidine groups is 1. The fourth-order valence-corrected chi connectivity index (χ4v) is 3.61. The van der Waals surface area contributed by atoms with Crippen LogP contribution < -0.4 is 10.6 Å². The molecule has 2 fully saturated rings. The molecule has 0 aromatic carbocycles. The van der Waals surface area contributed by atoms with Crippen molar-refractivity contribution in [1.82, 2.24) is 20.4 Å². The number of piperidine rings is 1. The molecule has 0 saturated carbocycles. The van der Waals surface area contributed by atoms with Crippen molar-refractivity contribution in [3.05, 3.63) is 0 Å². The van der Waals surface area contributed by atoms with Gasteiger partial charge >= 0.3 is 0 Å². The van der Waals surface area contributed by atoms with E-state index in [0.29, 0.717) is 12.5 Å². The molecule has 6 heteroatoms. The summed E-state index contributed by atoms with van der Waals surface area (Å²) in [6.07, 6.45) is 5.37. The molecule has 0 spiro atoms. The molecule has 0 bridgehead atoms. The SMILES string of the molecule is CCNC(=NCCCN1CCC(C)CC1)NC1CCN(C(=O)CC)C1. The van der Waals surface area contributed by atoms with Gasteiger partial charge in [0.2, 0.25) is 5.91 Å². The number of rotatable bonds is 7. The lowest BCUT2D eigenvalue weighted by molar-refractivity contribution is -0.129. The van der Waals surface area contributed by atoms with E-state index in [1.165, 1.54) is 25.9 Å². The van der Waals surface area contributed by atoms with Crippen molar-refractivity contribution in [2.75, 3.05) is 45.8 Å². The molecule has 0 radical (unpaired) electrons. The summed E-state index contributed by atoms with van der Waals surface area (Å²) >= 11 is 0. The van der Waals surface area contributed by atoms with Gasteiger partial charge in [-0.3, -0.25) is 9.79 Å². The zero-order valence-electron chi connectivity index (χ0n) is 16.4. The van der Waals surface area contributed by atoms with Crippen LogP contribution in [0, 0.1) is 5.92 Å². The van der Waals surface area contributed by atoms with Crippen LogP contribution >= 0.6 is 0 Å². The van der Waals surface area contributed by atoms with Crippen LogP contribution in [0.15, 0.2) is 4.99 Å². The molecule has 2 saturated heterocycles. The van der Waals surface area contributed by atoms with Crippen LogP contribution in [0.3, 0.4) is 0 Å². The minimum atomic E-state index is 0.252. The van der Waals surface area contributed by atoms with Crippen LogP contribution in [0.2, 0.25) is 0 Å². The van der Waals surface area contributed by atoms with Crippen molar-refractivity contribution in [3.63, 3.8) is 0 Å². The van der Waals surface area contributed by atoms with Gasteiger partial charge in [0.25, 0.3) is 0 Å². The van der Waals surface area contributed by atoms with Gasteiger partial charge in [0.15, 0.2) is 5.96 Å². The van der Waals surface area contributed by atoms with Crippen LogP contribution in [-0.4, -0.2) is 73.5 Å². The number of nitrogens with one attached hydrogen (secondary N) is 2. The van der Waals surface area contributed by atoms with Crippen LogP contribution in [0.1, 0.15) is 52.9 Å². The predicted octanol–water partition coefficient (Wildman–Crippen LogP) is 1.67. The smallest absolute Gasteiger partial charge is 0.222 e. The molecule has 0 aromatic rings. The van der Waals surface area contributed by atoms with E-state index in [4.69, 9.17) is 4.99 Å². The first-order valence-electron chi connectivity index (χ1n) is 10.2. The zero-order valence-corrected chi connectivity index (χ0v) is 16.4. The molecule has 0 aromatic heterocycles. The summed E-state index contributed by atoms with van der Waals surface area (Å²) in [5.74, 6) is 2.04. The highest BCUT2D eigenvalue weighted by Gasteiger charge is 2.25. The van der Waals surface area contributed by atoms with Crippen molar-refractivity contribution >= 4 is 11.9 Å². The topological polar surface area (TPSA) is 60.0 Å². The van der Waals surface area contributed by atoms with Crippen LogP contribution in [0.5, 0.6) is 0 Å². The lowest BCUT2D eigenvalue weighted by Crippen LogP contribution is -2.45. The third kappa shape index (κ3) is 6.84. The lowest BCUT2D eigenvalue weighted by Gasteiger charge is -2.29. The van der Waals surface area contributed by atoms with Crippen LogP contribution in [0.25, 0.3) is 0 Å². The van der Waals surface area contributed by atoms with E-state index in [1.54, 1.807) is 0 Å². The molecule has 0 aliphatic carbocycles. The van der Waals surface area contributed by atoms with Gasteiger partial charge in [0, 0.05) is 38.6 Å². The van der Waals surface area contributed by atoms with Crippen molar-refractivity contribution in [3.8, 4) is 0 Å².